The van der Waals surface area contributed by atoms with Crippen LogP contribution in [-0.4, -0.2) is 25.3 Å². The molecule has 0 amide bonds. The van der Waals surface area contributed by atoms with E-state index in [1.165, 1.54) is 44.9 Å². The summed E-state index contributed by atoms with van der Waals surface area (Å²) >= 11 is 0. The van der Waals surface area contributed by atoms with Crippen molar-refractivity contribution in [3.05, 3.63) is 0 Å². The number of likely N-dealkylation sites (N-methyl/N-ethyl adjacent to an activating group) is 1. The average molecular weight is 211 g/mol. The van der Waals surface area contributed by atoms with E-state index in [0.29, 0.717) is 18.2 Å². The molecule has 4 atom stereocenters. The Balaban J connectivity index is 1.80. The lowest BCUT2D eigenvalue weighted by atomic mass is 9.88. The summed E-state index contributed by atoms with van der Waals surface area (Å²) in [4.78, 5) is 0. The Morgan fingerprint density at radius 2 is 1.87 bits per heavy atom. The lowest BCUT2D eigenvalue weighted by Gasteiger charge is -2.31. The van der Waals surface area contributed by atoms with Gasteiger partial charge in [-0.15, -0.1) is 0 Å². The molecule has 2 nitrogen and oxygen atoms in total. The van der Waals surface area contributed by atoms with E-state index in [1.54, 1.807) is 0 Å². The standard InChI is InChI=1S/C13H25NO/c1-10-5-3-6-11(9-10)15-13-8-4-7-12(13)14-2/h10-14H,3-9H2,1-2H3. The Morgan fingerprint density at radius 3 is 2.60 bits per heavy atom. The predicted octanol–water partition coefficient (Wildman–Crippen LogP) is 2.72. The maximum Gasteiger partial charge on any atom is 0.0731 e. The molecular weight excluding hydrogens is 186 g/mol. The van der Waals surface area contributed by atoms with Gasteiger partial charge in [0.25, 0.3) is 0 Å². The highest BCUT2D eigenvalue weighted by molar-refractivity contribution is 4.84. The molecule has 0 aliphatic heterocycles. The van der Waals surface area contributed by atoms with Gasteiger partial charge in [-0.05, 0) is 45.1 Å². The quantitative estimate of drug-likeness (QED) is 0.775. The minimum atomic E-state index is 0.491. The van der Waals surface area contributed by atoms with Crippen molar-refractivity contribution in [2.45, 2.75) is 70.1 Å². The molecule has 0 saturated heterocycles. The van der Waals surface area contributed by atoms with Crippen molar-refractivity contribution in [3.8, 4) is 0 Å². The van der Waals surface area contributed by atoms with Crippen LogP contribution in [0.4, 0.5) is 0 Å². The zero-order valence-corrected chi connectivity index (χ0v) is 10.2. The Kier molecular flexibility index (Phi) is 4.04. The van der Waals surface area contributed by atoms with Crippen molar-refractivity contribution in [3.63, 3.8) is 0 Å². The van der Waals surface area contributed by atoms with E-state index in [-0.39, 0.29) is 0 Å². The molecule has 0 bridgehead atoms. The molecule has 2 heteroatoms. The van der Waals surface area contributed by atoms with Crippen LogP contribution in [0.15, 0.2) is 0 Å². The van der Waals surface area contributed by atoms with Gasteiger partial charge in [-0.3, -0.25) is 0 Å². The molecule has 2 aliphatic carbocycles. The fraction of sp³-hybridized carbons (Fsp3) is 1.00. The first-order chi connectivity index (χ1) is 7.29. The summed E-state index contributed by atoms with van der Waals surface area (Å²) in [5.41, 5.74) is 0. The Bertz CT molecular complexity index is 195. The minimum Gasteiger partial charge on any atom is -0.373 e. The molecule has 2 rings (SSSR count). The molecular formula is C13H25NO. The first kappa shape index (κ1) is 11.4. The number of nitrogens with one attached hydrogen (secondary N) is 1. The van der Waals surface area contributed by atoms with Crippen LogP contribution in [0.5, 0.6) is 0 Å². The summed E-state index contributed by atoms with van der Waals surface area (Å²) in [5, 5.41) is 3.39. The van der Waals surface area contributed by atoms with Gasteiger partial charge in [0.15, 0.2) is 0 Å². The van der Waals surface area contributed by atoms with Gasteiger partial charge in [-0.1, -0.05) is 19.8 Å². The van der Waals surface area contributed by atoms with E-state index >= 15 is 0 Å². The van der Waals surface area contributed by atoms with Gasteiger partial charge < -0.3 is 10.1 Å². The zero-order valence-electron chi connectivity index (χ0n) is 10.2. The van der Waals surface area contributed by atoms with Crippen LogP contribution in [0.1, 0.15) is 51.9 Å². The molecule has 0 aromatic rings. The molecule has 0 spiro atoms. The number of hydrogen-bond donors (Lipinski definition) is 1. The van der Waals surface area contributed by atoms with Gasteiger partial charge in [0.05, 0.1) is 12.2 Å². The highest BCUT2D eigenvalue weighted by Gasteiger charge is 2.30. The van der Waals surface area contributed by atoms with Crippen molar-refractivity contribution in [1.82, 2.24) is 5.32 Å². The van der Waals surface area contributed by atoms with Gasteiger partial charge in [-0.2, -0.15) is 0 Å². The second-order valence-corrected chi connectivity index (χ2v) is 5.39. The fourth-order valence-corrected chi connectivity index (χ4v) is 3.17. The van der Waals surface area contributed by atoms with Crippen molar-refractivity contribution < 1.29 is 4.74 Å². The highest BCUT2D eigenvalue weighted by Crippen LogP contribution is 2.30. The summed E-state index contributed by atoms with van der Waals surface area (Å²) in [6.45, 7) is 2.36. The predicted molar refractivity (Wildman–Crippen MR) is 63.0 cm³/mol. The van der Waals surface area contributed by atoms with E-state index in [9.17, 15) is 0 Å². The lowest BCUT2D eigenvalue weighted by Crippen LogP contribution is -2.38. The Hall–Kier alpha value is -0.0800. The van der Waals surface area contributed by atoms with Gasteiger partial charge in [-0.25, -0.2) is 0 Å². The summed E-state index contributed by atoms with van der Waals surface area (Å²) in [5.74, 6) is 0.873. The van der Waals surface area contributed by atoms with Crippen LogP contribution in [0, 0.1) is 5.92 Å². The monoisotopic (exact) mass is 211 g/mol. The number of hydrogen-bond acceptors (Lipinski definition) is 2. The van der Waals surface area contributed by atoms with E-state index in [2.05, 4.69) is 19.3 Å². The molecule has 0 radical (unpaired) electrons. The van der Waals surface area contributed by atoms with Crippen LogP contribution >= 0.6 is 0 Å². The van der Waals surface area contributed by atoms with Gasteiger partial charge >= 0.3 is 0 Å². The third-order valence-corrected chi connectivity index (χ3v) is 4.08. The van der Waals surface area contributed by atoms with E-state index in [0.717, 1.165) is 5.92 Å². The summed E-state index contributed by atoms with van der Waals surface area (Å²) < 4.78 is 6.26. The van der Waals surface area contributed by atoms with Gasteiger partial charge in [0.2, 0.25) is 0 Å². The van der Waals surface area contributed by atoms with Crippen LogP contribution in [0.2, 0.25) is 0 Å². The maximum atomic E-state index is 6.26. The molecule has 0 aromatic heterocycles. The largest absolute Gasteiger partial charge is 0.373 e. The van der Waals surface area contributed by atoms with Crippen LogP contribution in [-0.2, 0) is 4.74 Å². The van der Waals surface area contributed by atoms with Crippen molar-refractivity contribution in [2.24, 2.45) is 5.92 Å². The molecule has 0 heterocycles. The topological polar surface area (TPSA) is 21.3 Å². The zero-order chi connectivity index (χ0) is 10.7. The van der Waals surface area contributed by atoms with Gasteiger partial charge in [0.1, 0.15) is 0 Å². The minimum absolute atomic E-state index is 0.491. The second-order valence-electron chi connectivity index (χ2n) is 5.39. The van der Waals surface area contributed by atoms with Crippen LogP contribution < -0.4 is 5.32 Å². The summed E-state index contributed by atoms with van der Waals surface area (Å²) in [6.07, 6.45) is 10.3. The number of rotatable bonds is 3. The first-order valence-corrected chi connectivity index (χ1v) is 6.62. The highest BCUT2D eigenvalue weighted by atomic mass is 16.5. The summed E-state index contributed by atoms with van der Waals surface area (Å²) in [7, 11) is 2.07. The van der Waals surface area contributed by atoms with E-state index in [4.69, 9.17) is 4.74 Å². The Labute approximate surface area is 93.8 Å². The summed E-state index contributed by atoms with van der Waals surface area (Å²) in [6, 6.07) is 0.613. The third-order valence-electron chi connectivity index (χ3n) is 4.08. The van der Waals surface area contributed by atoms with Crippen molar-refractivity contribution in [1.29, 1.82) is 0 Å². The SMILES string of the molecule is CNC1CCCC1OC1CCCC(C)C1. The molecule has 88 valence electrons. The molecule has 2 fully saturated rings. The van der Waals surface area contributed by atoms with Gasteiger partial charge in [0, 0.05) is 6.04 Å². The maximum absolute atomic E-state index is 6.26. The molecule has 4 unspecified atom stereocenters. The molecule has 15 heavy (non-hydrogen) atoms. The Morgan fingerprint density at radius 1 is 1.07 bits per heavy atom. The van der Waals surface area contributed by atoms with Crippen LogP contribution in [0.3, 0.4) is 0 Å². The number of ether oxygens (including phenoxy) is 1. The van der Waals surface area contributed by atoms with Crippen LogP contribution in [0.25, 0.3) is 0 Å². The second kappa shape index (κ2) is 5.31. The first-order valence-electron chi connectivity index (χ1n) is 6.62. The van der Waals surface area contributed by atoms with Crippen molar-refractivity contribution in [2.75, 3.05) is 7.05 Å². The van der Waals surface area contributed by atoms with E-state index < -0.39 is 0 Å². The van der Waals surface area contributed by atoms with Crippen molar-refractivity contribution >= 4 is 0 Å². The molecule has 2 saturated carbocycles. The fourth-order valence-electron chi connectivity index (χ4n) is 3.17. The normalized spacial score (nSPS) is 42.0. The smallest absolute Gasteiger partial charge is 0.0731 e. The van der Waals surface area contributed by atoms with E-state index in [1.807, 2.05) is 0 Å². The molecule has 2 aliphatic rings. The molecule has 0 aromatic carbocycles. The lowest BCUT2D eigenvalue weighted by molar-refractivity contribution is -0.0449. The molecule has 1 N–H and O–H groups in total. The third kappa shape index (κ3) is 2.94. The average Bonchev–Trinajstić information content (AvgIpc) is 2.65.